The van der Waals surface area contributed by atoms with Gasteiger partial charge in [-0.3, -0.25) is 0 Å². The highest BCUT2D eigenvalue weighted by Crippen LogP contribution is 2.31. The fourth-order valence-corrected chi connectivity index (χ4v) is 1.99. The minimum Gasteiger partial charge on any atom is -0.439 e. The van der Waals surface area contributed by atoms with Crippen molar-refractivity contribution in [1.29, 1.82) is 0 Å². The molecule has 2 rings (SSSR count). The third kappa shape index (κ3) is 3.72. The van der Waals surface area contributed by atoms with E-state index in [0.29, 0.717) is 23.4 Å². The molecule has 1 aromatic carbocycles. The van der Waals surface area contributed by atoms with Gasteiger partial charge in [-0.05, 0) is 17.5 Å². The molecular formula is C17H23N3O. The minimum atomic E-state index is -0.176. The summed E-state index contributed by atoms with van der Waals surface area (Å²) < 4.78 is 5.96. The summed E-state index contributed by atoms with van der Waals surface area (Å²) in [6.45, 7) is 10.4. The van der Waals surface area contributed by atoms with E-state index in [2.05, 4.69) is 29.9 Å². The van der Waals surface area contributed by atoms with Crippen LogP contribution in [0.25, 0.3) is 0 Å². The Morgan fingerprint density at radius 3 is 2.38 bits per heavy atom. The molecule has 0 aliphatic carbocycles. The van der Waals surface area contributed by atoms with Crippen LogP contribution in [0.1, 0.15) is 51.9 Å². The first-order chi connectivity index (χ1) is 9.77. The fraction of sp³-hybridized carbons (Fsp3) is 0.412. The molecule has 0 bridgehead atoms. The second kappa shape index (κ2) is 5.72. The molecule has 0 radical (unpaired) electrons. The number of ether oxygens (including phenoxy) is 1. The molecule has 0 unspecified atom stereocenters. The Labute approximate surface area is 126 Å². The van der Waals surface area contributed by atoms with Crippen molar-refractivity contribution in [1.82, 2.24) is 9.97 Å². The van der Waals surface area contributed by atoms with Crippen molar-refractivity contribution in [2.45, 2.75) is 46.0 Å². The van der Waals surface area contributed by atoms with Crippen LogP contribution >= 0.6 is 0 Å². The molecule has 0 aliphatic rings. The SMILES string of the molecule is CC(C)c1ccccc1Oc1cc(N)nc(C(C)(C)C)n1. The van der Waals surface area contributed by atoms with Crippen LogP contribution in [0.5, 0.6) is 11.6 Å². The lowest BCUT2D eigenvalue weighted by atomic mass is 9.96. The number of rotatable bonds is 3. The highest BCUT2D eigenvalue weighted by Gasteiger charge is 2.19. The van der Waals surface area contributed by atoms with Gasteiger partial charge in [0, 0.05) is 11.5 Å². The first-order valence-corrected chi connectivity index (χ1v) is 7.19. The number of nitrogens with zero attached hydrogens (tertiary/aromatic N) is 2. The molecule has 1 heterocycles. The average Bonchev–Trinajstić information content (AvgIpc) is 2.37. The number of aromatic nitrogens is 2. The number of nitrogen functional groups attached to an aromatic ring is 1. The van der Waals surface area contributed by atoms with Crippen LogP contribution in [0.15, 0.2) is 30.3 Å². The van der Waals surface area contributed by atoms with E-state index in [-0.39, 0.29) is 5.41 Å². The van der Waals surface area contributed by atoms with E-state index in [9.17, 15) is 0 Å². The van der Waals surface area contributed by atoms with Gasteiger partial charge in [-0.25, -0.2) is 4.98 Å². The van der Waals surface area contributed by atoms with Gasteiger partial charge < -0.3 is 10.5 Å². The molecule has 0 aliphatic heterocycles. The Balaban J connectivity index is 2.39. The standard InChI is InChI=1S/C17H23N3O/c1-11(2)12-8-6-7-9-13(12)21-15-10-14(18)19-16(20-15)17(3,4)5/h6-11H,1-5H3,(H2,18,19,20). The molecule has 2 N–H and O–H groups in total. The van der Waals surface area contributed by atoms with Crippen molar-refractivity contribution in [3.05, 3.63) is 41.7 Å². The lowest BCUT2D eigenvalue weighted by Gasteiger charge is -2.18. The van der Waals surface area contributed by atoms with Crippen LogP contribution < -0.4 is 10.5 Å². The molecule has 4 heteroatoms. The lowest BCUT2D eigenvalue weighted by molar-refractivity contribution is 0.440. The number of para-hydroxylation sites is 1. The maximum atomic E-state index is 5.96. The largest absolute Gasteiger partial charge is 0.439 e. The first-order valence-electron chi connectivity index (χ1n) is 7.19. The van der Waals surface area contributed by atoms with Crippen molar-refractivity contribution in [2.75, 3.05) is 5.73 Å². The Hall–Kier alpha value is -2.10. The Bertz CT molecular complexity index is 630. The van der Waals surface area contributed by atoms with Gasteiger partial charge in [0.05, 0.1) is 0 Å². The van der Waals surface area contributed by atoms with E-state index in [1.165, 1.54) is 0 Å². The molecule has 4 nitrogen and oxygen atoms in total. The van der Waals surface area contributed by atoms with Crippen molar-refractivity contribution >= 4 is 5.82 Å². The number of nitrogens with two attached hydrogens (primary N) is 1. The summed E-state index contributed by atoms with van der Waals surface area (Å²) >= 11 is 0. The van der Waals surface area contributed by atoms with Gasteiger partial charge >= 0.3 is 0 Å². The van der Waals surface area contributed by atoms with E-state index in [1.807, 2.05) is 39.0 Å². The van der Waals surface area contributed by atoms with Crippen LogP contribution in [0, 0.1) is 0 Å². The summed E-state index contributed by atoms with van der Waals surface area (Å²) in [6, 6.07) is 9.64. The maximum absolute atomic E-state index is 5.96. The van der Waals surface area contributed by atoms with E-state index in [0.717, 1.165) is 11.3 Å². The van der Waals surface area contributed by atoms with Gasteiger partial charge in [-0.2, -0.15) is 4.98 Å². The van der Waals surface area contributed by atoms with Gasteiger partial charge in [0.1, 0.15) is 17.4 Å². The first kappa shape index (κ1) is 15.3. The zero-order valence-electron chi connectivity index (χ0n) is 13.3. The van der Waals surface area contributed by atoms with Crippen LogP contribution in [0.2, 0.25) is 0 Å². The van der Waals surface area contributed by atoms with Crippen LogP contribution in [0.4, 0.5) is 5.82 Å². The number of benzene rings is 1. The molecule has 0 saturated carbocycles. The predicted molar refractivity (Wildman–Crippen MR) is 85.7 cm³/mol. The maximum Gasteiger partial charge on any atom is 0.224 e. The van der Waals surface area contributed by atoms with Crippen molar-refractivity contribution in [3.8, 4) is 11.6 Å². The number of hydrogen-bond donors (Lipinski definition) is 1. The third-order valence-corrected chi connectivity index (χ3v) is 3.15. The molecule has 21 heavy (non-hydrogen) atoms. The molecule has 0 amide bonds. The van der Waals surface area contributed by atoms with Crippen LogP contribution in [0.3, 0.4) is 0 Å². The molecule has 0 fully saturated rings. The summed E-state index contributed by atoms with van der Waals surface area (Å²) in [5.74, 6) is 2.78. The van der Waals surface area contributed by atoms with Gasteiger partial charge in [0.15, 0.2) is 0 Å². The van der Waals surface area contributed by atoms with Gasteiger partial charge in [-0.15, -0.1) is 0 Å². The number of anilines is 1. The topological polar surface area (TPSA) is 61.0 Å². The predicted octanol–water partition coefficient (Wildman–Crippen LogP) is 4.27. The van der Waals surface area contributed by atoms with Gasteiger partial charge in [0.2, 0.25) is 5.88 Å². The Morgan fingerprint density at radius 2 is 1.76 bits per heavy atom. The smallest absolute Gasteiger partial charge is 0.224 e. The lowest BCUT2D eigenvalue weighted by Crippen LogP contribution is -2.17. The summed E-state index contributed by atoms with van der Waals surface area (Å²) in [7, 11) is 0. The fourth-order valence-electron chi connectivity index (χ4n) is 1.99. The van der Waals surface area contributed by atoms with Crippen LogP contribution in [-0.2, 0) is 5.41 Å². The Kier molecular flexibility index (Phi) is 4.16. The molecular weight excluding hydrogens is 262 g/mol. The highest BCUT2D eigenvalue weighted by atomic mass is 16.5. The molecule has 0 saturated heterocycles. The van der Waals surface area contributed by atoms with E-state index < -0.39 is 0 Å². The molecule has 1 aromatic heterocycles. The van der Waals surface area contributed by atoms with E-state index in [1.54, 1.807) is 6.07 Å². The zero-order valence-corrected chi connectivity index (χ0v) is 13.3. The van der Waals surface area contributed by atoms with Crippen molar-refractivity contribution in [2.24, 2.45) is 0 Å². The van der Waals surface area contributed by atoms with Crippen molar-refractivity contribution in [3.63, 3.8) is 0 Å². The van der Waals surface area contributed by atoms with E-state index >= 15 is 0 Å². The molecule has 0 spiro atoms. The highest BCUT2D eigenvalue weighted by molar-refractivity contribution is 5.41. The number of hydrogen-bond acceptors (Lipinski definition) is 4. The van der Waals surface area contributed by atoms with Crippen molar-refractivity contribution < 1.29 is 4.74 Å². The minimum absolute atomic E-state index is 0.176. The summed E-state index contributed by atoms with van der Waals surface area (Å²) in [5, 5.41) is 0. The summed E-state index contributed by atoms with van der Waals surface area (Å²) in [6.07, 6.45) is 0. The molecule has 112 valence electrons. The normalized spacial score (nSPS) is 11.7. The quantitative estimate of drug-likeness (QED) is 0.914. The van der Waals surface area contributed by atoms with E-state index in [4.69, 9.17) is 10.5 Å². The Morgan fingerprint density at radius 1 is 1.10 bits per heavy atom. The summed E-state index contributed by atoms with van der Waals surface area (Å²) in [4.78, 5) is 8.78. The second-order valence-corrected chi connectivity index (χ2v) is 6.50. The van der Waals surface area contributed by atoms with Gasteiger partial charge in [-0.1, -0.05) is 52.8 Å². The average molecular weight is 285 g/mol. The van der Waals surface area contributed by atoms with Crippen LogP contribution in [-0.4, -0.2) is 9.97 Å². The monoisotopic (exact) mass is 285 g/mol. The third-order valence-electron chi connectivity index (χ3n) is 3.15. The second-order valence-electron chi connectivity index (χ2n) is 6.50. The zero-order chi connectivity index (χ0) is 15.6. The van der Waals surface area contributed by atoms with Gasteiger partial charge in [0.25, 0.3) is 0 Å². The molecule has 2 aromatic rings. The molecule has 0 atom stereocenters. The summed E-state index contributed by atoms with van der Waals surface area (Å²) in [5.41, 5.74) is 6.85.